The van der Waals surface area contributed by atoms with Gasteiger partial charge in [-0.25, -0.2) is 4.98 Å². The minimum absolute atomic E-state index is 0.00166. The number of amides is 1. The number of H-pyrrole nitrogens is 1. The number of carbonyl (C=O) groups is 2. The molecule has 202 valence electrons. The number of rotatable bonds is 7. The maximum Gasteiger partial charge on any atom is 0.296 e. The van der Waals surface area contributed by atoms with Crippen molar-refractivity contribution in [3.05, 3.63) is 35.4 Å². The molecule has 2 saturated heterocycles. The minimum atomic E-state index is 0.00166. The Bertz CT molecular complexity index is 1290. The number of likely N-dealkylation sites (tertiary alicyclic amines) is 1. The van der Waals surface area contributed by atoms with E-state index in [1.54, 1.807) is 6.92 Å². The van der Waals surface area contributed by atoms with Gasteiger partial charge >= 0.3 is 0 Å². The van der Waals surface area contributed by atoms with Gasteiger partial charge < -0.3 is 24.3 Å². The van der Waals surface area contributed by atoms with Crippen molar-refractivity contribution in [3.8, 4) is 17.3 Å². The minimum Gasteiger partial charge on any atom is -0.461 e. The number of imidazole rings is 1. The van der Waals surface area contributed by atoms with E-state index in [9.17, 15) is 9.59 Å². The Labute approximate surface area is 228 Å². The molecule has 0 atom stereocenters. The van der Waals surface area contributed by atoms with Gasteiger partial charge in [-0.15, -0.1) is 0 Å². The van der Waals surface area contributed by atoms with E-state index in [0.29, 0.717) is 47.8 Å². The fourth-order valence-corrected chi connectivity index (χ4v) is 5.76. The molecule has 5 rings (SSSR count). The average Bonchev–Trinajstić information content (AvgIpc) is 3.29. The van der Waals surface area contributed by atoms with E-state index in [0.717, 1.165) is 49.9 Å². The Morgan fingerprint density at radius 2 is 1.74 bits per heavy atom. The lowest BCUT2D eigenvalue weighted by Gasteiger charge is -2.33. The number of Topliss-reactive ketones (excluding diaryl/α,β-unsaturated/α-hetero) is 1. The first kappa shape index (κ1) is 26.5. The number of halogens is 1. The predicted molar refractivity (Wildman–Crippen MR) is 150 cm³/mol. The van der Waals surface area contributed by atoms with Gasteiger partial charge in [0.2, 0.25) is 5.91 Å². The molecule has 1 N–H and O–H groups in total. The lowest BCUT2D eigenvalue weighted by molar-refractivity contribution is -0.136. The van der Waals surface area contributed by atoms with E-state index >= 15 is 0 Å². The number of anilines is 1. The number of carbonyl (C=O) groups excluding carboxylic acids is 2. The van der Waals surface area contributed by atoms with Gasteiger partial charge in [-0.1, -0.05) is 37.6 Å². The van der Waals surface area contributed by atoms with Gasteiger partial charge in [0.05, 0.1) is 16.2 Å². The molecule has 0 saturated carbocycles. The molecular formula is C29H36ClN5O3. The summed E-state index contributed by atoms with van der Waals surface area (Å²) >= 11 is 6.63. The topological polar surface area (TPSA) is 91.4 Å². The Morgan fingerprint density at radius 3 is 2.37 bits per heavy atom. The number of fused-ring (bicyclic) bond motifs is 1. The molecule has 0 spiro atoms. The molecular weight excluding hydrogens is 502 g/mol. The molecule has 2 fully saturated rings. The summed E-state index contributed by atoms with van der Waals surface area (Å²) in [5.41, 5.74) is 4.07. The van der Waals surface area contributed by atoms with E-state index in [4.69, 9.17) is 21.3 Å². The number of benzene rings is 1. The number of ether oxygens (including phenoxy) is 1. The zero-order valence-electron chi connectivity index (χ0n) is 22.4. The second kappa shape index (κ2) is 11.3. The van der Waals surface area contributed by atoms with Gasteiger partial charge in [0.1, 0.15) is 11.9 Å². The first-order valence-electron chi connectivity index (χ1n) is 13.6. The highest BCUT2D eigenvalue weighted by Gasteiger charge is 2.26. The summed E-state index contributed by atoms with van der Waals surface area (Å²) < 4.78 is 6.11. The van der Waals surface area contributed by atoms with Gasteiger partial charge in [-0.2, -0.15) is 4.98 Å². The Kier molecular flexibility index (Phi) is 7.88. The lowest BCUT2D eigenvalue weighted by Crippen LogP contribution is -2.43. The number of nitrogens with one attached hydrogen (secondary N) is 1. The molecule has 1 aromatic carbocycles. The maximum absolute atomic E-state index is 12.2. The van der Waals surface area contributed by atoms with E-state index in [1.165, 1.54) is 5.69 Å². The number of piperidine rings is 2. The number of hydrogen-bond donors (Lipinski definition) is 1. The third-order valence-corrected chi connectivity index (χ3v) is 7.92. The number of hydrogen-bond acceptors (Lipinski definition) is 6. The van der Waals surface area contributed by atoms with Crippen molar-refractivity contribution >= 4 is 40.1 Å². The highest BCUT2D eigenvalue weighted by molar-refractivity contribution is 6.33. The Balaban J connectivity index is 1.23. The van der Waals surface area contributed by atoms with Crippen LogP contribution in [-0.2, 0) is 9.59 Å². The molecule has 8 nitrogen and oxygen atoms in total. The molecule has 38 heavy (non-hydrogen) atoms. The van der Waals surface area contributed by atoms with E-state index in [2.05, 4.69) is 27.0 Å². The van der Waals surface area contributed by atoms with Crippen molar-refractivity contribution in [1.29, 1.82) is 0 Å². The third kappa shape index (κ3) is 5.96. The van der Waals surface area contributed by atoms with Crippen molar-refractivity contribution in [3.63, 3.8) is 0 Å². The lowest BCUT2D eigenvalue weighted by atomic mass is 9.92. The molecule has 2 aromatic heterocycles. The summed E-state index contributed by atoms with van der Waals surface area (Å²) in [6.45, 7) is 8.87. The average molecular weight is 538 g/mol. The van der Waals surface area contributed by atoms with Crippen LogP contribution in [0.25, 0.3) is 22.4 Å². The summed E-state index contributed by atoms with van der Waals surface area (Å²) in [4.78, 5) is 40.5. The Hall–Kier alpha value is -3.13. The van der Waals surface area contributed by atoms with Crippen molar-refractivity contribution in [2.24, 2.45) is 11.8 Å². The van der Waals surface area contributed by atoms with Crippen LogP contribution < -0.4 is 9.64 Å². The first-order valence-corrected chi connectivity index (χ1v) is 14.0. The zero-order chi connectivity index (χ0) is 26.8. The van der Waals surface area contributed by atoms with Crippen molar-refractivity contribution in [2.75, 3.05) is 31.1 Å². The zero-order valence-corrected chi connectivity index (χ0v) is 23.1. The quantitative estimate of drug-likeness (QED) is 0.428. The maximum atomic E-state index is 12.2. The van der Waals surface area contributed by atoms with Crippen LogP contribution in [0.4, 0.5) is 5.69 Å². The van der Waals surface area contributed by atoms with Crippen LogP contribution in [0.1, 0.15) is 52.9 Å². The fraction of sp³-hybridized carbons (Fsp3) is 0.517. The summed E-state index contributed by atoms with van der Waals surface area (Å²) in [5, 5.41) is 0.547. The van der Waals surface area contributed by atoms with Crippen molar-refractivity contribution < 1.29 is 14.3 Å². The van der Waals surface area contributed by atoms with Crippen LogP contribution in [0, 0.1) is 11.8 Å². The summed E-state index contributed by atoms with van der Waals surface area (Å²) in [6.07, 6.45) is 4.33. The highest BCUT2D eigenvalue weighted by Crippen LogP contribution is 2.32. The molecule has 4 heterocycles. The highest BCUT2D eigenvalue weighted by atomic mass is 35.5. The number of pyridine rings is 1. The number of nitrogens with zero attached hydrogens (tertiary/aromatic N) is 4. The predicted octanol–water partition coefficient (Wildman–Crippen LogP) is 5.50. The van der Waals surface area contributed by atoms with Crippen LogP contribution in [0.2, 0.25) is 5.02 Å². The summed E-state index contributed by atoms with van der Waals surface area (Å²) in [5.74, 6) is 0.994. The van der Waals surface area contributed by atoms with E-state index < -0.39 is 0 Å². The molecule has 2 aliphatic rings. The molecule has 0 bridgehead atoms. The van der Waals surface area contributed by atoms with Crippen molar-refractivity contribution in [2.45, 2.75) is 59.0 Å². The van der Waals surface area contributed by atoms with Crippen LogP contribution >= 0.6 is 11.6 Å². The smallest absolute Gasteiger partial charge is 0.296 e. The first-order chi connectivity index (χ1) is 18.3. The number of aromatic amines is 1. The van der Waals surface area contributed by atoms with Crippen LogP contribution in [-0.4, -0.2) is 63.8 Å². The normalized spacial score (nSPS) is 17.4. The molecule has 2 aliphatic heterocycles. The third-order valence-electron chi connectivity index (χ3n) is 7.63. The Morgan fingerprint density at radius 1 is 1.05 bits per heavy atom. The van der Waals surface area contributed by atoms with Crippen LogP contribution in [0.3, 0.4) is 0 Å². The van der Waals surface area contributed by atoms with Gasteiger partial charge in [-0.3, -0.25) is 4.79 Å². The molecule has 0 unspecified atom stereocenters. The SMILES string of the molecule is CC(=O)CC1CCN(c2ccc(-c3nc4nc(OC5CCN(C(=O)C(C)C)CC5)[nH]c4cc3Cl)cc2)CC1. The van der Waals surface area contributed by atoms with Gasteiger partial charge in [-0.05, 0) is 43.9 Å². The largest absolute Gasteiger partial charge is 0.461 e. The number of aromatic nitrogens is 3. The van der Waals surface area contributed by atoms with Gasteiger partial charge in [0, 0.05) is 62.6 Å². The van der Waals surface area contributed by atoms with Crippen LogP contribution in [0.5, 0.6) is 6.01 Å². The standard InChI is InChI=1S/C29H36ClN5O3/c1-18(2)28(37)35-14-10-23(11-15-35)38-29-31-25-17-24(30)26(32-27(25)33-29)21-4-6-22(7-5-21)34-12-8-20(9-13-34)16-19(3)36/h4-7,17-18,20,23H,8-16H2,1-3H3,(H,31,32,33). The second-order valence-corrected chi connectivity index (χ2v) is 11.3. The van der Waals surface area contributed by atoms with E-state index in [1.807, 2.05) is 36.9 Å². The molecule has 0 aliphatic carbocycles. The fourth-order valence-electron chi connectivity index (χ4n) is 5.50. The molecule has 0 radical (unpaired) electrons. The van der Waals surface area contributed by atoms with Gasteiger partial charge in [0.25, 0.3) is 6.01 Å². The van der Waals surface area contributed by atoms with Crippen LogP contribution in [0.15, 0.2) is 30.3 Å². The molecule has 1 amide bonds. The molecule has 9 heteroatoms. The van der Waals surface area contributed by atoms with Gasteiger partial charge in [0.15, 0.2) is 5.65 Å². The summed E-state index contributed by atoms with van der Waals surface area (Å²) in [6, 6.07) is 10.6. The number of ketones is 1. The molecule has 3 aromatic rings. The van der Waals surface area contributed by atoms with E-state index in [-0.39, 0.29) is 23.7 Å². The summed E-state index contributed by atoms with van der Waals surface area (Å²) in [7, 11) is 0. The van der Waals surface area contributed by atoms with Crippen molar-refractivity contribution in [1.82, 2.24) is 19.9 Å². The monoisotopic (exact) mass is 537 g/mol. The second-order valence-electron chi connectivity index (χ2n) is 10.9.